The number of fused-ring (bicyclic) bond motifs is 1. The molecule has 74 valence electrons. The molecule has 1 aromatic rings. The van der Waals surface area contributed by atoms with Crippen molar-refractivity contribution in [3.05, 3.63) is 28.3 Å². The zero-order valence-electron chi connectivity index (χ0n) is 8.55. The van der Waals surface area contributed by atoms with Crippen molar-refractivity contribution in [3.63, 3.8) is 0 Å². The minimum Gasteiger partial charge on any atom is -0.508 e. The Morgan fingerprint density at radius 3 is 2.71 bits per heavy atom. The maximum absolute atomic E-state index is 11.7. The van der Waals surface area contributed by atoms with E-state index in [1.165, 1.54) is 0 Å². The van der Waals surface area contributed by atoms with Crippen LogP contribution in [-0.2, 0) is 6.42 Å². The number of rotatable bonds is 0. The summed E-state index contributed by atoms with van der Waals surface area (Å²) in [4.78, 5) is 11.7. The number of aromatic hydroxyl groups is 1. The topological polar surface area (TPSA) is 37.3 Å². The van der Waals surface area contributed by atoms with Crippen LogP contribution in [-0.4, -0.2) is 10.9 Å². The molecule has 0 heterocycles. The molecule has 0 aliphatic heterocycles. The number of benzene rings is 1. The highest BCUT2D eigenvalue weighted by molar-refractivity contribution is 6.00. The maximum Gasteiger partial charge on any atom is 0.163 e. The largest absolute Gasteiger partial charge is 0.508 e. The number of hydrogen-bond acceptors (Lipinski definition) is 2. The first kappa shape index (κ1) is 9.25. The first-order chi connectivity index (χ1) is 6.61. The van der Waals surface area contributed by atoms with E-state index in [1.54, 1.807) is 6.07 Å². The van der Waals surface area contributed by atoms with E-state index in [0.29, 0.717) is 6.42 Å². The van der Waals surface area contributed by atoms with Gasteiger partial charge in [-0.2, -0.15) is 0 Å². The molecule has 0 bridgehead atoms. The average Bonchev–Trinajstić information content (AvgIpc) is 2.14. The minimum atomic E-state index is 0.183. The quantitative estimate of drug-likeness (QED) is 0.682. The summed E-state index contributed by atoms with van der Waals surface area (Å²) in [5, 5.41) is 9.62. The number of phenolic OH excluding ortho intramolecular Hbond substituents is 1. The van der Waals surface area contributed by atoms with Crippen molar-refractivity contribution >= 4 is 5.78 Å². The monoisotopic (exact) mass is 190 g/mol. The third kappa shape index (κ3) is 1.22. The van der Waals surface area contributed by atoms with Gasteiger partial charge in [-0.25, -0.2) is 0 Å². The van der Waals surface area contributed by atoms with Gasteiger partial charge in [0.1, 0.15) is 5.75 Å². The van der Waals surface area contributed by atoms with Gasteiger partial charge < -0.3 is 5.11 Å². The van der Waals surface area contributed by atoms with Crippen LogP contribution in [0, 0.1) is 13.8 Å². The number of carbonyl (C=O) groups excluding carboxylic acids is 1. The number of ketones is 1. The number of phenols is 1. The molecule has 1 aromatic carbocycles. The lowest BCUT2D eigenvalue weighted by Crippen LogP contribution is -2.14. The predicted molar refractivity (Wildman–Crippen MR) is 54.8 cm³/mol. The summed E-state index contributed by atoms with van der Waals surface area (Å²) in [6.07, 6.45) is 2.53. The van der Waals surface area contributed by atoms with Gasteiger partial charge >= 0.3 is 0 Å². The molecule has 0 radical (unpaired) electrons. The first-order valence-electron chi connectivity index (χ1n) is 4.96. The van der Waals surface area contributed by atoms with Crippen LogP contribution in [0.1, 0.15) is 39.9 Å². The van der Waals surface area contributed by atoms with E-state index in [9.17, 15) is 9.90 Å². The van der Waals surface area contributed by atoms with Gasteiger partial charge in [-0.3, -0.25) is 4.79 Å². The zero-order chi connectivity index (χ0) is 10.3. The molecule has 0 saturated heterocycles. The van der Waals surface area contributed by atoms with Crippen LogP contribution in [0.15, 0.2) is 6.07 Å². The third-order valence-corrected chi connectivity index (χ3v) is 3.00. The van der Waals surface area contributed by atoms with Gasteiger partial charge in [0.05, 0.1) is 0 Å². The molecule has 0 fully saturated rings. The summed E-state index contributed by atoms with van der Waals surface area (Å²) in [6.45, 7) is 3.77. The summed E-state index contributed by atoms with van der Waals surface area (Å²) in [7, 11) is 0. The van der Waals surface area contributed by atoms with Crippen LogP contribution in [0.5, 0.6) is 5.75 Å². The number of aryl methyl sites for hydroxylation is 1. The van der Waals surface area contributed by atoms with Gasteiger partial charge in [0.15, 0.2) is 5.78 Å². The molecule has 1 aliphatic rings. The maximum atomic E-state index is 11.7. The molecule has 2 nitrogen and oxygen atoms in total. The van der Waals surface area contributed by atoms with E-state index >= 15 is 0 Å². The van der Waals surface area contributed by atoms with Crippen LogP contribution in [0.25, 0.3) is 0 Å². The highest BCUT2D eigenvalue weighted by Gasteiger charge is 2.22. The summed E-state index contributed by atoms with van der Waals surface area (Å²) < 4.78 is 0. The van der Waals surface area contributed by atoms with Gasteiger partial charge in [0, 0.05) is 17.5 Å². The Morgan fingerprint density at radius 1 is 1.29 bits per heavy atom. The number of carbonyl (C=O) groups is 1. The van der Waals surface area contributed by atoms with Crippen molar-refractivity contribution in [3.8, 4) is 5.75 Å². The van der Waals surface area contributed by atoms with Crippen molar-refractivity contribution in [2.75, 3.05) is 0 Å². The van der Waals surface area contributed by atoms with Crippen molar-refractivity contribution in [1.82, 2.24) is 0 Å². The molecule has 1 N–H and O–H groups in total. The highest BCUT2D eigenvalue weighted by atomic mass is 16.3. The van der Waals surface area contributed by atoms with Crippen LogP contribution < -0.4 is 0 Å². The minimum absolute atomic E-state index is 0.183. The summed E-state index contributed by atoms with van der Waals surface area (Å²) in [6, 6.07) is 1.76. The molecule has 0 atom stereocenters. The van der Waals surface area contributed by atoms with Crippen molar-refractivity contribution in [2.24, 2.45) is 0 Å². The van der Waals surface area contributed by atoms with E-state index in [2.05, 4.69) is 0 Å². The zero-order valence-corrected chi connectivity index (χ0v) is 8.55. The Morgan fingerprint density at radius 2 is 2.00 bits per heavy atom. The molecule has 2 rings (SSSR count). The van der Waals surface area contributed by atoms with Crippen LogP contribution in [0.4, 0.5) is 0 Å². The second-order valence-electron chi connectivity index (χ2n) is 3.97. The lowest BCUT2D eigenvalue weighted by atomic mass is 9.84. The molecule has 0 aromatic heterocycles. The van der Waals surface area contributed by atoms with Gasteiger partial charge in [-0.05, 0) is 43.9 Å². The lowest BCUT2D eigenvalue weighted by molar-refractivity contribution is 0.0971. The van der Waals surface area contributed by atoms with E-state index < -0.39 is 0 Å². The Hall–Kier alpha value is -1.31. The SMILES string of the molecule is Cc1cc(O)c(C)c2c1CCCC2=O. The van der Waals surface area contributed by atoms with Gasteiger partial charge in [0.25, 0.3) is 0 Å². The van der Waals surface area contributed by atoms with Crippen molar-refractivity contribution < 1.29 is 9.90 Å². The molecular weight excluding hydrogens is 176 g/mol. The fourth-order valence-electron chi connectivity index (χ4n) is 2.20. The third-order valence-electron chi connectivity index (χ3n) is 3.00. The highest BCUT2D eigenvalue weighted by Crippen LogP contribution is 2.32. The van der Waals surface area contributed by atoms with Gasteiger partial charge in [-0.1, -0.05) is 0 Å². The Balaban J connectivity index is 2.73. The van der Waals surface area contributed by atoms with E-state index in [0.717, 1.165) is 35.1 Å². The molecule has 0 amide bonds. The molecule has 2 heteroatoms. The second kappa shape index (κ2) is 3.12. The van der Waals surface area contributed by atoms with Gasteiger partial charge in [-0.15, -0.1) is 0 Å². The standard InChI is InChI=1S/C12H14O2/c1-7-6-11(14)8(2)12-9(7)4-3-5-10(12)13/h6,14H,3-5H2,1-2H3. The Bertz CT molecular complexity index is 405. The molecule has 1 aliphatic carbocycles. The smallest absolute Gasteiger partial charge is 0.163 e. The fraction of sp³-hybridized carbons (Fsp3) is 0.417. The Labute approximate surface area is 83.6 Å². The first-order valence-corrected chi connectivity index (χ1v) is 4.96. The normalized spacial score (nSPS) is 15.4. The van der Waals surface area contributed by atoms with Crippen LogP contribution in [0.3, 0.4) is 0 Å². The average molecular weight is 190 g/mol. The van der Waals surface area contributed by atoms with Crippen molar-refractivity contribution in [2.45, 2.75) is 33.1 Å². The van der Waals surface area contributed by atoms with E-state index in [1.807, 2.05) is 13.8 Å². The second-order valence-corrected chi connectivity index (χ2v) is 3.97. The molecular formula is C12H14O2. The molecule has 14 heavy (non-hydrogen) atoms. The summed E-state index contributed by atoms with van der Waals surface area (Å²) in [5.74, 6) is 0.430. The lowest BCUT2D eigenvalue weighted by Gasteiger charge is -2.19. The van der Waals surface area contributed by atoms with Crippen LogP contribution in [0.2, 0.25) is 0 Å². The summed E-state index contributed by atoms with van der Waals surface area (Å²) >= 11 is 0. The molecule has 0 saturated carbocycles. The number of hydrogen-bond donors (Lipinski definition) is 1. The molecule has 0 unspecified atom stereocenters. The fourth-order valence-corrected chi connectivity index (χ4v) is 2.20. The summed E-state index contributed by atoms with van der Waals surface area (Å²) in [5.41, 5.74) is 3.69. The predicted octanol–water partition coefficient (Wildman–Crippen LogP) is 2.53. The van der Waals surface area contributed by atoms with E-state index in [4.69, 9.17) is 0 Å². The Kier molecular flexibility index (Phi) is 2.06. The van der Waals surface area contributed by atoms with Crippen LogP contribution >= 0.6 is 0 Å². The molecule has 0 spiro atoms. The van der Waals surface area contributed by atoms with Crippen molar-refractivity contribution in [1.29, 1.82) is 0 Å². The van der Waals surface area contributed by atoms with E-state index in [-0.39, 0.29) is 11.5 Å². The number of Topliss-reactive ketones (excluding diaryl/α,β-unsaturated/α-hetero) is 1. The van der Waals surface area contributed by atoms with Gasteiger partial charge in [0.2, 0.25) is 0 Å².